The molecular weight excluding hydrogens is 268 g/mol. The molecule has 0 bridgehead atoms. The van der Waals surface area contributed by atoms with Crippen molar-refractivity contribution in [1.82, 2.24) is 10.6 Å². The predicted molar refractivity (Wildman–Crippen MR) is 92.8 cm³/mol. The molecule has 2 nitrogen and oxygen atoms in total. The summed E-state index contributed by atoms with van der Waals surface area (Å²) in [7, 11) is 0. The number of hydrogen-bond donors (Lipinski definition) is 2. The molecule has 2 atom stereocenters. The van der Waals surface area contributed by atoms with Crippen molar-refractivity contribution < 1.29 is 0 Å². The van der Waals surface area contributed by atoms with Crippen molar-refractivity contribution in [3.63, 3.8) is 0 Å². The maximum Gasteiger partial charge on any atom is 0.0505 e. The second-order valence-corrected chi connectivity index (χ2v) is 7.42. The van der Waals surface area contributed by atoms with Gasteiger partial charge in [0.1, 0.15) is 0 Å². The molecule has 3 rings (SSSR count). The first-order valence-electron chi connectivity index (χ1n) is 8.05. The van der Waals surface area contributed by atoms with E-state index in [4.69, 9.17) is 0 Å². The van der Waals surface area contributed by atoms with Crippen LogP contribution in [0.25, 0.3) is 0 Å². The minimum atomic E-state index is -0.0177. The highest BCUT2D eigenvalue weighted by Gasteiger charge is 2.46. The van der Waals surface area contributed by atoms with Gasteiger partial charge in [-0.1, -0.05) is 60.7 Å². The third-order valence-corrected chi connectivity index (χ3v) is 4.69. The Hall–Kier alpha value is -1.64. The number of rotatable bonds is 2. The first-order valence-corrected chi connectivity index (χ1v) is 8.05. The zero-order chi connectivity index (χ0) is 15.8. The van der Waals surface area contributed by atoms with Crippen LogP contribution in [0, 0.1) is 0 Å². The molecule has 2 aromatic rings. The van der Waals surface area contributed by atoms with Gasteiger partial charge in [-0.25, -0.2) is 0 Å². The first kappa shape index (κ1) is 15.3. The van der Waals surface area contributed by atoms with Crippen LogP contribution in [0.15, 0.2) is 60.7 Å². The molecule has 22 heavy (non-hydrogen) atoms. The van der Waals surface area contributed by atoms with Crippen molar-refractivity contribution in [2.75, 3.05) is 0 Å². The summed E-state index contributed by atoms with van der Waals surface area (Å²) in [4.78, 5) is 0. The molecule has 1 fully saturated rings. The fourth-order valence-electron chi connectivity index (χ4n) is 3.87. The van der Waals surface area contributed by atoms with Crippen LogP contribution in [-0.4, -0.2) is 11.1 Å². The first-order chi connectivity index (χ1) is 10.4. The van der Waals surface area contributed by atoms with Gasteiger partial charge in [-0.15, -0.1) is 0 Å². The number of nitrogens with one attached hydrogen (secondary N) is 2. The molecule has 2 heteroatoms. The van der Waals surface area contributed by atoms with E-state index in [2.05, 4.69) is 99.0 Å². The Kier molecular flexibility index (Phi) is 3.84. The Labute approximate surface area is 134 Å². The van der Waals surface area contributed by atoms with Crippen molar-refractivity contribution in [3.8, 4) is 0 Å². The Morgan fingerprint density at radius 2 is 1.00 bits per heavy atom. The SMILES string of the molecule is CC1(C)NC(C)(C)C(c2ccccc2)NC1c1ccccc1. The number of hydrogen-bond acceptors (Lipinski definition) is 2. The third-order valence-electron chi connectivity index (χ3n) is 4.69. The third kappa shape index (κ3) is 2.81. The molecule has 2 aromatic carbocycles. The molecular formula is C20H26N2. The largest absolute Gasteiger partial charge is 0.303 e. The average molecular weight is 294 g/mol. The maximum absolute atomic E-state index is 3.90. The smallest absolute Gasteiger partial charge is 0.0505 e. The van der Waals surface area contributed by atoms with Gasteiger partial charge in [0.2, 0.25) is 0 Å². The van der Waals surface area contributed by atoms with Gasteiger partial charge in [-0.2, -0.15) is 0 Å². The minimum Gasteiger partial charge on any atom is -0.303 e. The summed E-state index contributed by atoms with van der Waals surface area (Å²) in [5.74, 6) is 0. The van der Waals surface area contributed by atoms with Gasteiger partial charge in [-0.3, -0.25) is 5.32 Å². The van der Waals surface area contributed by atoms with E-state index < -0.39 is 0 Å². The van der Waals surface area contributed by atoms with Crippen LogP contribution in [0.1, 0.15) is 50.9 Å². The van der Waals surface area contributed by atoms with Crippen molar-refractivity contribution >= 4 is 0 Å². The fraction of sp³-hybridized carbons (Fsp3) is 0.400. The van der Waals surface area contributed by atoms with E-state index in [9.17, 15) is 0 Å². The van der Waals surface area contributed by atoms with Crippen molar-refractivity contribution in [3.05, 3.63) is 71.8 Å². The van der Waals surface area contributed by atoms with E-state index in [-0.39, 0.29) is 23.2 Å². The summed E-state index contributed by atoms with van der Waals surface area (Å²) in [6.45, 7) is 9.11. The molecule has 116 valence electrons. The molecule has 1 aliphatic heterocycles. The fourth-order valence-corrected chi connectivity index (χ4v) is 3.87. The van der Waals surface area contributed by atoms with Gasteiger partial charge in [0.05, 0.1) is 12.1 Å². The average Bonchev–Trinajstić information content (AvgIpc) is 2.47. The van der Waals surface area contributed by atoms with E-state index in [0.29, 0.717) is 0 Å². The van der Waals surface area contributed by atoms with Gasteiger partial charge in [0.25, 0.3) is 0 Å². The van der Waals surface area contributed by atoms with E-state index in [1.807, 2.05) is 0 Å². The standard InChI is InChI=1S/C20H26N2/c1-19(2)17(15-11-7-5-8-12-15)21-18(20(3,4)22-19)16-13-9-6-10-14-16/h5-14,17-18,21-22H,1-4H3. The summed E-state index contributed by atoms with van der Waals surface area (Å²) in [6.07, 6.45) is 0. The van der Waals surface area contributed by atoms with Crippen LogP contribution in [-0.2, 0) is 0 Å². The second-order valence-electron chi connectivity index (χ2n) is 7.42. The Morgan fingerprint density at radius 3 is 1.36 bits per heavy atom. The molecule has 2 N–H and O–H groups in total. The van der Waals surface area contributed by atoms with Crippen molar-refractivity contribution in [1.29, 1.82) is 0 Å². The summed E-state index contributed by atoms with van der Waals surface area (Å²) in [6, 6.07) is 22.0. The van der Waals surface area contributed by atoms with Crippen LogP contribution in [0.5, 0.6) is 0 Å². The Morgan fingerprint density at radius 1 is 0.636 bits per heavy atom. The summed E-state index contributed by atoms with van der Waals surface area (Å²) in [5, 5.41) is 7.77. The van der Waals surface area contributed by atoms with E-state index in [1.54, 1.807) is 0 Å². The van der Waals surface area contributed by atoms with E-state index in [1.165, 1.54) is 11.1 Å². The molecule has 0 aliphatic carbocycles. The molecule has 0 saturated carbocycles. The van der Waals surface area contributed by atoms with E-state index >= 15 is 0 Å². The topological polar surface area (TPSA) is 24.1 Å². The highest BCUT2D eigenvalue weighted by Crippen LogP contribution is 2.39. The zero-order valence-electron chi connectivity index (χ0n) is 13.9. The molecule has 0 spiro atoms. The lowest BCUT2D eigenvalue weighted by molar-refractivity contribution is 0.0971. The molecule has 1 aliphatic rings. The van der Waals surface area contributed by atoms with Crippen molar-refractivity contribution in [2.45, 2.75) is 50.9 Å². The summed E-state index contributed by atoms with van der Waals surface area (Å²) >= 11 is 0. The molecule has 1 saturated heterocycles. The van der Waals surface area contributed by atoms with Gasteiger partial charge in [0, 0.05) is 11.1 Å². The summed E-state index contributed by atoms with van der Waals surface area (Å²) in [5.41, 5.74) is 2.62. The Balaban J connectivity index is 1.99. The lowest BCUT2D eigenvalue weighted by Gasteiger charge is -2.53. The quantitative estimate of drug-likeness (QED) is 0.866. The van der Waals surface area contributed by atoms with Crippen LogP contribution < -0.4 is 10.6 Å². The zero-order valence-corrected chi connectivity index (χ0v) is 13.9. The normalized spacial score (nSPS) is 26.5. The number of benzene rings is 2. The maximum atomic E-state index is 3.90. The van der Waals surface area contributed by atoms with Crippen LogP contribution in [0.2, 0.25) is 0 Å². The highest BCUT2D eigenvalue weighted by molar-refractivity contribution is 5.30. The van der Waals surface area contributed by atoms with Gasteiger partial charge in [0.15, 0.2) is 0 Å². The molecule has 0 amide bonds. The van der Waals surface area contributed by atoms with E-state index in [0.717, 1.165) is 0 Å². The molecule has 2 unspecified atom stereocenters. The molecule has 0 aromatic heterocycles. The monoisotopic (exact) mass is 294 g/mol. The number of piperazine rings is 1. The minimum absolute atomic E-state index is 0.0177. The van der Waals surface area contributed by atoms with Gasteiger partial charge in [-0.05, 0) is 38.8 Å². The molecule has 0 radical (unpaired) electrons. The molecule has 1 heterocycles. The lowest BCUT2D eigenvalue weighted by atomic mass is 9.76. The van der Waals surface area contributed by atoms with Crippen LogP contribution in [0.4, 0.5) is 0 Å². The van der Waals surface area contributed by atoms with Crippen molar-refractivity contribution in [2.24, 2.45) is 0 Å². The van der Waals surface area contributed by atoms with Gasteiger partial charge >= 0.3 is 0 Å². The van der Waals surface area contributed by atoms with Crippen LogP contribution in [0.3, 0.4) is 0 Å². The predicted octanol–water partition coefficient (Wildman–Crippen LogP) is 4.22. The highest BCUT2D eigenvalue weighted by atomic mass is 15.2. The van der Waals surface area contributed by atoms with Gasteiger partial charge < -0.3 is 5.32 Å². The Bertz CT molecular complexity index is 561. The lowest BCUT2D eigenvalue weighted by Crippen LogP contribution is -2.67. The summed E-state index contributed by atoms with van der Waals surface area (Å²) < 4.78 is 0. The second kappa shape index (κ2) is 5.53. The van der Waals surface area contributed by atoms with Crippen LogP contribution >= 0.6 is 0 Å².